The predicted molar refractivity (Wildman–Crippen MR) is 107 cm³/mol. The van der Waals surface area contributed by atoms with Crippen molar-refractivity contribution in [1.82, 2.24) is 9.21 Å². The first kappa shape index (κ1) is 20.0. The quantitative estimate of drug-likeness (QED) is 0.696. The van der Waals surface area contributed by atoms with Crippen LogP contribution in [0.1, 0.15) is 17.5 Å². The van der Waals surface area contributed by atoms with Gasteiger partial charge in [-0.2, -0.15) is 4.31 Å². The molecule has 3 rings (SSSR count). The van der Waals surface area contributed by atoms with Gasteiger partial charge in [0.2, 0.25) is 10.0 Å². The third-order valence-electron chi connectivity index (χ3n) is 5.04. The van der Waals surface area contributed by atoms with Gasteiger partial charge in [-0.25, -0.2) is 12.8 Å². The molecule has 0 saturated carbocycles. The minimum absolute atomic E-state index is 0.163. The molecule has 2 aromatic carbocycles. The predicted octanol–water partition coefficient (Wildman–Crippen LogP) is 2.95. The molecule has 27 heavy (non-hydrogen) atoms. The summed E-state index contributed by atoms with van der Waals surface area (Å²) in [5, 5.41) is 0. The zero-order valence-electron chi connectivity index (χ0n) is 15.6. The van der Waals surface area contributed by atoms with Crippen molar-refractivity contribution in [2.75, 3.05) is 38.5 Å². The molecule has 0 atom stereocenters. The molecule has 0 aromatic heterocycles. The molecule has 1 aliphatic rings. The van der Waals surface area contributed by atoms with Crippen molar-refractivity contribution in [3.63, 3.8) is 0 Å². The molecule has 2 aromatic rings. The SMILES string of the molecule is O=S(=O)(CCc1ccccc1)N1CCN(CCCc2cccc(F)c2)CC1. The molecule has 146 valence electrons. The molecule has 6 heteroatoms. The van der Waals surface area contributed by atoms with Crippen molar-refractivity contribution in [3.05, 3.63) is 71.5 Å². The van der Waals surface area contributed by atoms with E-state index < -0.39 is 10.0 Å². The fraction of sp³-hybridized carbons (Fsp3) is 0.429. The van der Waals surface area contributed by atoms with E-state index in [1.165, 1.54) is 6.07 Å². The van der Waals surface area contributed by atoms with Crippen LogP contribution < -0.4 is 0 Å². The highest BCUT2D eigenvalue weighted by Crippen LogP contribution is 2.12. The lowest BCUT2D eigenvalue weighted by Crippen LogP contribution is -2.49. The Kier molecular flexibility index (Phi) is 6.99. The van der Waals surface area contributed by atoms with Gasteiger partial charge in [-0.05, 0) is 49.1 Å². The van der Waals surface area contributed by atoms with E-state index in [0.717, 1.165) is 43.6 Å². The summed E-state index contributed by atoms with van der Waals surface area (Å²) >= 11 is 0. The second-order valence-electron chi connectivity index (χ2n) is 7.03. The van der Waals surface area contributed by atoms with E-state index in [4.69, 9.17) is 0 Å². The van der Waals surface area contributed by atoms with Gasteiger partial charge in [0.1, 0.15) is 5.82 Å². The Bertz CT molecular complexity index is 819. The average molecular weight is 391 g/mol. The van der Waals surface area contributed by atoms with Gasteiger partial charge in [0.05, 0.1) is 5.75 Å². The minimum atomic E-state index is -3.21. The molecule has 1 saturated heterocycles. The lowest BCUT2D eigenvalue weighted by atomic mass is 10.1. The van der Waals surface area contributed by atoms with Crippen LogP contribution in [-0.4, -0.2) is 56.1 Å². The first-order valence-electron chi connectivity index (χ1n) is 9.51. The van der Waals surface area contributed by atoms with E-state index >= 15 is 0 Å². The molecule has 0 radical (unpaired) electrons. The van der Waals surface area contributed by atoms with Crippen molar-refractivity contribution in [1.29, 1.82) is 0 Å². The number of piperazine rings is 1. The highest BCUT2D eigenvalue weighted by Gasteiger charge is 2.26. The molecule has 1 aliphatic heterocycles. The monoisotopic (exact) mass is 390 g/mol. The van der Waals surface area contributed by atoms with Gasteiger partial charge < -0.3 is 4.90 Å². The lowest BCUT2D eigenvalue weighted by molar-refractivity contribution is 0.187. The Hall–Kier alpha value is -1.76. The van der Waals surface area contributed by atoms with Gasteiger partial charge in [0, 0.05) is 26.2 Å². The standard InChI is InChI=1S/C21H27FN2O2S/c22-21-10-4-8-20(18-21)9-5-12-23-13-15-24(16-14-23)27(25,26)17-11-19-6-2-1-3-7-19/h1-4,6-8,10,18H,5,9,11-17H2. The maximum atomic E-state index is 13.2. The molecule has 0 aliphatic carbocycles. The summed E-state index contributed by atoms with van der Waals surface area (Å²) in [4.78, 5) is 2.29. The van der Waals surface area contributed by atoms with E-state index in [9.17, 15) is 12.8 Å². The molecule has 0 bridgehead atoms. The van der Waals surface area contributed by atoms with Crippen molar-refractivity contribution in [2.24, 2.45) is 0 Å². The van der Waals surface area contributed by atoms with Gasteiger partial charge in [0.25, 0.3) is 0 Å². The molecule has 1 fully saturated rings. The molecular weight excluding hydrogens is 363 g/mol. The largest absolute Gasteiger partial charge is 0.301 e. The maximum Gasteiger partial charge on any atom is 0.214 e. The van der Waals surface area contributed by atoms with Gasteiger partial charge in [0.15, 0.2) is 0 Å². The summed E-state index contributed by atoms with van der Waals surface area (Å²) in [6.45, 7) is 3.53. The fourth-order valence-electron chi connectivity index (χ4n) is 3.45. The van der Waals surface area contributed by atoms with Crippen LogP contribution in [-0.2, 0) is 22.9 Å². The number of hydrogen-bond acceptors (Lipinski definition) is 3. The van der Waals surface area contributed by atoms with Crippen LogP contribution in [0.4, 0.5) is 4.39 Å². The van der Waals surface area contributed by atoms with Crippen molar-refractivity contribution >= 4 is 10.0 Å². The van der Waals surface area contributed by atoms with Crippen LogP contribution in [0, 0.1) is 5.82 Å². The van der Waals surface area contributed by atoms with Crippen LogP contribution in [0.5, 0.6) is 0 Å². The molecule has 1 heterocycles. The Morgan fingerprint density at radius 3 is 2.26 bits per heavy atom. The number of benzene rings is 2. The van der Waals surface area contributed by atoms with E-state index in [2.05, 4.69) is 4.90 Å². The number of halogens is 1. The zero-order valence-corrected chi connectivity index (χ0v) is 16.4. The smallest absolute Gasteiger partial charge is 0.214 e. The van der Waals surface area contributed by atoms with Gasteiger partial charge in [-0.3, -0.25) is 0 Å². The summed E-state index contributed by atoms with van der Waals surface area (Å²) in [5.74, 6) is -0.0295. The van der Waals surface area contributed by atoms with E-state index in [0.29, 0.717) is 19.5 Å². The summed E-state index contributed by atoms with van der Waals surface area (Å²) in [7, 11) is -3.21. The second kappa shape index (κ2) is 9.44. The van der Waals surface area contributed by atoms with Crippen molar-refractivity contribution < 1.29 is 12.8 Å². The van der Waals surface area contributed by atoms with Gasteiger partial charge in [-0.1, -0.05) is 42.5 Å². The first-order chi connectivity index (χ1) is 13.0. The third kappa shape index (κ3) is 6.13. The lowest BCUT2D eigenvalue weighted by Gasteiger charge is -2.34. The summed E-state index contributed by atoms with van der Waals surface area (Å²) in [6.07, 6.45) is 2.34. The molecule has 0 spiro atoms. The van der Waals surface area contributed by atoms with Crippen LogP contribution in [0.2, 0.25) is 0 Å². The molecule has 0 N–H and O–H groups in total. The highest BCUT2D eigenvalue weighted by atomic mass is 32.2. The number of nitrogens with zero attached hydrogens (tertiary/aromatic N) is 2. The minimum Gasteiger partial charge on any atom is -0.301 e. The van der Waals surface area contributed by atoms with Gasteiger partial charge in [-0.15, -0.1) is 0 Å². The van der Waals surface area contributed by atoms with Crippen LogP contribution in [0.25, 0.3) is 0 Å². The second-order valence-corrected chi connectivity index (χ2v) is 9.11. The van der Waals surface area contributed by atoms with Crippen LogP contribution >= 0.6 is 0 Å². The third-order valence-corrected chi connectivity index (χ3v) is 6.92. The summed E-state index contributed by atoms with van der Waals surface area (Å²) in [6, 6.07) is 16.5. The molecular formula is C21H27FN2O2S. The fourth-order valence-corrected chi connectivity index (χ4v) is 4.92. The van der Waals surface area contributed by atoms with Gasteiger partial charge >= 0.3 is 0 Å². The first-order valence-corrected chi connectivity index (χ1v) is 11.1. The molecule has 0 amide bonds. The Morgan fingerprint density at radius 2 is 1.56 bits per heavy atom. The maximum absolute atomic E-state index is 13.2. The number of sulfonamides is 1. The van der Waals surface area contributed by atoms with Crippen molar-refractivity contribution in [3.8, 4) is 0 Å². The van der Waals surface area contributed by atoms with Crippen LogP contribution in [0.15, 0.2) is 54.6 Å². The Morgan fingerprint density at radius 1 is 0.852 bits per heavy atom. The average Bonchev–Trinajstić information content (AvgIpc) is 2.68. The summed E-state index contributed by atoms with van der Waals surface area (Å²) < 4.78 is 40.0. The Balaban J connectivity index is 1.40. The van der Waals surface area contributed by atoms with E-state index in [1.807, 2.05) is 36.4 Å². The Labute approximate surface area is 161 Å². The molecule has 0 unspecified atom stereocenters. The normalized spacial score (nSPS) is 16.5. The number of rotatable bonds is 8. The van der Waals surface area contributed by atoms with Crippen LogP contribution in [0.3, 0.4) is 0 Å². The number of hydrogen-bond donors (Lipinski definition) is 0. The summed E-state index contributed by atoms with van der Waals surface area (Å²) in [5.41, 5.74) is 2.06. The topological polar surface area (TPSA) is 40.6 Å². The highest BCUT2D eigenvalue weighted by molar-refractivity contribution is 7.89. The van der Waals surface area contributed by atoms with E-state index in [1.54, 1.807) is 16.4 Å². The number of aryl methyl sites for hydroxylation is 2. The zero-order chi connectivity index (χ0) is 19.1. The van der Waals surface area contributed by atoms with Crippen molar-refractivity contribution in [2.45, 2.75) is 19.3 Å². The molecule has 4 nitrogen and oxygen atoms in total. The van der Waals surface area contributed by atoms with E-state index in [-0.39, 0.29) is 11.6 Å².